The summed E-state index contributed by atoms with van der Waals surface area (Å²) in [4.78, 5) is 18.6. The number of carbonyl (C=O) groups excluding carboxylic acids is 1. The Labute approximate surface area is 185 Å². The first kappa shape index (κ1) is 24.2. The van der Waals surface area contributed by atoms with Gasteiger partial charge >= 0.3 is 0 Å². The number of ether oxygens (including phenoxy) is 1. The van der Waals surface area contributed by atoms with E-state index >= 15 is 0 Å². The van der Waals surface area contributed by atoms with Gasteiger partial charge in [0.2, 0.25) is 0 Å². The lowest BCUT2D eigenvalue weighted by Crippen LogP contribution is -2.38. The standard InChI is InChI=1S/C24H35N5O2/c1-18-9-10-19(16-22(18)31-5)11-12-27-24(25-2)28-17-20-7-6-8-21(15-20)23(30)26-13-14-29(3)4/h6-10,15-16H,11-14,17H2,1-5H3,(H,26,30)(H2,25,27,28). The van der Waals surface area contributed by atoms with Crippen LogP contribution in [0.2, 0.25) is 0 Å². The summed E-state index contributed by atoms with van der Waals surface area (Å²) in [5.74, 6) is 1.57. The lowest BCUT2D eigenvalue weighted by atomic mass is 10.1. The normalized spacial score (nSPS) is 11.4. The van der Waals surface area contributed by atoms with Crippen LogP contribution in [-0.4, -0.2) is 64.7 Å². The Morgan fingerprint density at radius 3 is 2.55 bits per heavy atom. The molecule has 0 saturated carbocycles. The first-order chi connectivity index (χ1) is 14.9. The van der Waals surface area contributed by atoms with E-state index in [0.717, 1.165) is 42.3 Å². The molecule has 0 atom stereocenters. The number of aliphatic imine (C=N–C) groups is 1. The zero-order valence-electron chi connectivity index (χ0n) is 19.3. The summed E-state index contributed by atoms with van der Waals surface area (Å²) in [6, 6.07) is 13.9. The van der Waals surface area contributed by atoms with Gasteiger partial charge in [-0.2, -0.15) is 0 Å². The highest BCUT2D eigenvalue weighted by molar-refractivity contribution is 5.94. The van der Waals surface area contributed by atoms with E-state index in [1.165, 1.54) is 5.56 Å². The largest absolute Gasteiger partial charge is 0.496 e. The van der Waals surface area contributed by atoms with Crippen LogP contribution in [0.3, 0.4) is 0 Å². The second-order valence-corrected chi connectivity index (χ2v) is 7.67. The van der Waals surface area contributed by atoms with Crippen LogP contribution in [0.5, 0.6) is 5.75 Å². The zero-order chi connectivity index (χ0) is 22.6. The Bertz CT molecular complexity index is 880. The van der Waals surface area contributed by atoms with Crippen molar-refractivity contribution >= 4 is 11.9 Å². The molecule has 168 valence electrons. The maximum absolute atomic E-state index is 12.3. The third-order valence-corrected chi connectivity index (χ3v) is 4.90. The van der Waals surface area contributed by atoms with Crippen molar-refractivity contribution in [1.29, 1.82) is 0 Å². The summed E-state index contributed by atoms with van der Waals surface area (Å²) in [7, 11) is 7.41. The fraction of sp³-hybridized carbons (Fsp3) is 0.417. The predicted molar refractivity (Wildman–Crippen MR) is 127 cm³/mol. The number of hydrogen-bond donors (Lipinski definition) is 3. The summed E-state index contributed by atoms with van der Waals surface area (Å²) in [6.07, 6.45) is 0.861. The molecule has 2 rings (SSSR count). The number of likely N-dealkylation sites (N-methyl/N-ethyl adjacent to an activating group) is 1. The van der Waals surface area contributed by atoms with Gasteiger partial charge in [-0.3, -0.25) is 9.79 Å². The number of carbonyl (C=O) groups is 1. The maximum atomic E-state index is 12.3. The highest BCUT2D eigenvalue weighted by Gasteiger charge is 2.07. The minimum atomic E-state index is -0.0558. The second-order valence-electron chi connectivity index (χ2n) is 7.67. The average Bonchev–Trinajstić information content (AvgIpc) is 2.77. The summed E-state index contributed by atoms with van der Waals surface area (Å²) in [6.45, 7) is 4.80. The van der Waals surface area contributed by atoms with E-state index in [-0.39, 0.29) is 5.91 Å². The minimum Gasteiger partial charge on any atom is -0.496 e. The van der Waals surface area contributed by atoms with Gasteiger partial charge in [-0.25, -0.2) is 0 Å². The van der Waals surface area contributed by atoms with Crippen LogP contribution in [0.1, 0.15) is 27.0 Å². The lowest BCUT2D eigenvalue weighted by molar-refractivity contribution is 0.0951. The Morgan fingerprint density at radius 1 is 1.03 bits per heavy atom. The molecule has 0 aliphatic heterocycles. The van der Waals surface area contributed by atoms with Gasteiger partial charge in [0.25, 0.3) is 5.91 Å². The SMILES string of the molecule is CN=C(NCCc1ccc(C)c(OC)c1)NCc1cccc(C(=O)NCCN(C)C)c1. The molecule has 3 N–H and O–H groups in total. The number of guanidine groups is 1. The van der Waals surface area contributed by atoms with Crippen molar-refractivity contribution in [2.24, 2.45) is 4.99 Å². The molecule has 0 bridgehead atoms. The van der Waals surface area contributed by atoms with Crippen LogP contribution in [-0.2, 0) is 13.0 Å². The monoisotopic (exact) mass is 425 g/mol. The van der Waals surface area contributed by atoms with Crippen LogP contribution >= 0.6 is 0 Å². The lowest BCUT2D eigenvalue weighted by Gasteiger charge is -2.13. The first-order valence-corrected chi connectivity index (χ1v) is 10.5. The van der Waals surface area contributed by atoms with E-state index < -0.39 is 0 Å². The topological polar surface area (TPSA) is 78.0 Å². The summed E-state index contributed by atoms with van der Waals surface area (Å²) >= 11 is 0. The number of rotatable bonds is 10. The van der Waals surface area contributed by atoms with E-state index in [2.05, 4.69) is 39.1 Å². The molecule has 7 nitrogen and oxygen atoms in total. The van der Waals surface area contributed by atoms with Crippen molar-refractivity contribution < 1.29 is 9.53 Å². The average molecular weight is 426 g/mol. The molecule has 0 heterocycles. The molecule has 2 aromatic rings. The molecule has 7 heteroatoms. The number of methoxy groups -OCH3 is 1. The van der Waals surface area contributed by atoms with Crippen molar-refractivity contribution in [3.63, 3.8) is 0 Å². The number of nitrogens with zero attached hydrogens (tertiary/aromatic N) is 2. The van der Waals surface area contributed by atoms with E-state index in [9.17, 15) is 4.79 Å². The fourth-order valence-electron chi connectivity index (χ4n) is 3.07. The minimum absolute atomic E-state index is 0.0558. The molecule has 0 saturated heterocycles. The van der Waals surface area contributed by atoms with Crippen LogP contribution in [0, 0.1) is 6.92 Å². The summed E-state index contributed by atoms with van der Waals surface area (Å²) in [5.41, 5.74) is 4.02. The molecule has 1 amide bonds. The predicted octanol–water partition coefficient (Wildman–Crippen LogP) is 2.20. The Morgan fingerprint density at radius 2 is 1.84 bits per heavy atom. The van der Waals surface area contributed by atoms with E-state index in [0.29, 0.717) is 18.7 Å². The van der Waals surface area contributed by atoms with Crippen LogP contribution in [0.4, 0.5) is 0 Å². The van der Waals surface area contributed by atoms with Gasteiger partial charge in [0.15, 0.2) is 5.96 Å². The molecule has 2 aromatic carbocycles. The molecule has 0 spiro atoms. The number of benzene rings is 2. The molecule has 0 aliphatic carbocycles. The van der Waals surface area contributed by atoms with Crippen molar-refractivity contribution in [1.82, 2.24) is 20.9 Å². The van der Waals surface area contributed by atoms with Crippen molar-refractivity contribution in [3.8, 4) is 5.75 Å². The molecule has 0 radical (unpaired) electrons. The van der Waals surface area contributed by atoms with E-state index in [1.807, 2.05) is 50.2 Å². The Balaban J connectivity index is 1.82. The molecule has 0 unspecified atom stereocenters. The molecular formula is C24H35N5O2. The van der Waals surface area contributed by atoms with Gasteiger partial charge in [-0.15, -0.1) is 0 Å². The van der Waals surface area contributed by atoms with Crippen LogP contribution < -0.4 is 20.7 Å². The molecule has 31 heavy (non-hydrogen) atoms. The second kappa shape index (κ2) is 12.6. The molecule has 0 aromatic heterocycles. The highest BCUT2D eigenvalue weighted by atomic mass is 16.5. The van der Waals surface area contributed by atoms with Gasteiger partial charge in [0, 0.05) is 38.8 Å². The Hall–Kier alpha value is -3.06. The van der Waals surface area contributed by atoms with Crippen molar-refractivity contribution in [2.75, 3.05) is 47.9 Å². The molecular weight excluding hydrogens is 390 g/mol. The number of hydrogen-bond acceptors (Lipinski definition) is 4. The first-order valence-electron chi connectivity index (χ1n) is 10.5. The van der Waals surface area contributed by atoms with E-state index in [1.54, 1.807) is 14.2 Å². The van der Waals surface area contributed by atoms with Gasteiger partial charge in [-0.1, -0.05) is 24.3 Å². The Kier molecular flexibility index (Phi) is 9.84. The third kappa shape index (κ3) is 8.30. The number of aryl methyl sites for hydroxylation is 1. The maximum Gasteiger partial charge on any atom is 0.251 e. The summed E-state index contributed by atoms with van der Waals surface area (Å²) in [5, 5.41) is 9.58. The van der Waals surface area contributed by atoms with Gasteiger partial charge < -0.3 is 25.6 Å². The number of amides is 1. The third-order valence-electron chi connectivity index (χ3n) is 4.90. The quantitative estimate of drug-likeness (QED) is 0.402. The molecule has 0 fully saturated rings. The zero-order valence-corrected chi connectivity index (χ0v) is 19.3. The summed E-state index contributed by atoms with van der Waals surface area (Å²) < 4.78 is 5.39. The van der Waals surface area contributed by atoms with Crippen molar-refractivity contribution in [3.05, 3.63) is 64.7 Å². The number of nitrogens with one attached hydrogen (secondary N) is 3. The highest BCUT2D eigenvalue weighted by Crippen LogP contribution is 2.19. The van der Waals surface area contributed by atoms with Gasteiger partial charge in [-0.05, 0) is 62.3 Å². The van der Waals surface area contributed by atoms with E-state index in [4.69, 9.17) is 4.74 Å². The van der Waals surface area contributed by atoms with Gasteiger partial charge in [0.05, 0.1) is 7.11 Å². The van der Waals surface area contributed by atoms with Crippen LogP contribution in [0.15, 0.2) is 47.5 Å². The fourth-order valence-corrected chi connectivity index (χ4v) is 3.07. The van der Waals surface area contributed by atoms with Crippen LogP contribution in [0.25, 0.3) is 0 Å². The smallest absolute Gasteiger partial charge is 0.251 e. The molecule has 0 aliphatic rings. The van der Waals surface area contributed by atoms with Gasteiger partial charge in [0.1, 0.15) is 5.75 Å². The van der Waals surface area contributed by atoms with Crippen molar-refractivity contribution in [2.45, 2.75) is 19.9 Å².